The molecule has 0 amide bonds. The Labute approximate surface area is 80.5 Å². The molecule has 0 unspecified atom stereocenters. The second-order valence-corrected chi connectivity index (χ2v) is 3.58. The van der Waals surface area contributed by atoms with Crippen molar-refractivity contribution in [2.45, 2.75) is 19.8 Å². The Balaban J connectivity index is 2.70. The van der Waals surface area contributed by atoms with Crippen molar-refractivity contribution >= 4 is 17.2 Å². The van der Waals surface area contributed by atoms with Gasteiger partial charge in [0.1, 0.15) is 6.33 Å². The number of halogens is 1. The molecule has 2 aromatic heterocycles. The third kappa shape index (κ3) is 1.37. The van der Waals surface area contributed by atoms with Gasteiger partial charge in [0.25, 0.3) is 0 Å². The lowest BCUT2D eigenvalue weighted by Crippen LogP contribution is -1.99. The number of rotatable bonds is 1. The molecule has 0 saturated heterocycles. The molecule has 2 aromatic rings. The van der Waals surface area contributed by atoms with E-state index in [1.807, 2.05) is 6.07 Å². The maximum absolute atomic E-state index is 5.98. The molecular formula is C8H9ClN4. The molecular weight excluding hydrogens is 188 g/mol. The fraction of sp³-hybridized carbons (Fsp3) is 0.375. The Morgan fingerprint density at radius 2 is 2.23 bits per heavy atom. The molecule has 68 valence electrons. The van der Waals surface area contributed by atoms with Crippen LogP contribution in [0.1, 0.15) is 25.5 Å². The van der Waals surface area contributed by atoms with Crippen LogP contribution in [0, 0.1) is 0 Å². The lowest BCUT2D eigenvalue weighted by molar-refractivity contribution is 0.762. The Hall–Kier alpha value is -1.16. The molecule has 2 heterocycles. The van der Waals surface area contributed by atoms with E-state index < -0.39 is 0 Å². The normalized spacial score (nSPS) is 11.4. The van der Waals surface area contributed by atoms with Gasteiger partial charge in [0.15, 0.2) is 5.65 Å². The van der Waals surface area contributed by atoms with Crippen LogP contribution in [-0.4, -0.2) is 19.8 Å². The lowest BCUT2D eigenvalue weighted by Gasteiger charge is -2.04. The van der Waals surface area contributed by atoms with E-state index in [0.29, 0.717) is 16.6 Å². The zero-order valence-corrected chi connectivity index (χ0v) is 8.15. The predicted octanol–water partition coefficient (Wildman–Crippen LogP) is 1.90. The van der Waals surface area contributed by atoms with Crippen LogP contribution in [0.2, 0.25) is 5.02 Å². The first-order valence-electron chi connectivity index (χ1n) is 4.05. The second-order valence-electron chi connectivity index (χ2n) is 3.17. The van der Waals surface area contributed by atoms with E-state index in [1.54, 1.807) is 10.8 Å². The molecule has 0 N–H and O–H groups in total. The van der Waals surface area contributed by atoms with E-state index >= 15 is 0 Å². The second kappa shape index (κ2) is 2.96. The lowest BCUT2D eigenvalue weighted by atomic mass is 10.1. The van der Waals surface area contributed by atoms with Crippen LogP contribution in [0.5, 0.6) is 0 Å². The molecule has 0 aliphatic carbocycles. The summed E-state index contributed by atoms with van der Waals surface area (Å²) in [5, 5.41) is 12.5. The van der Waals surface area contributed by atoms with Crippen LogP contribution in [-0.2, 0) is 0 Å². The van der Waals surface area contributed by atoms with E-state index in [4.69, 9.17) is 11.6 Å². The average molecular weight is 197 g/mol. The smallest absolute Gasteiger partial charge is 0.196 e. The monoisotopic (exact) mass is 196 g/mol. The van der Waals surface area contributed by atoms with Gasteiger partial charge >= 0.3 is 0 Å². The molecule has 0 aliphatic rings. The number of hydrogen-bond acceptors (Lipinski definition) is 3. The van der Waals surface area contributed by atoms with Gasteiger partial charge in [0.2, 0.25) is 0 Å². The summed E-state index contributed by atoms with van der Waals surface area (Å²) in [5.41, 5.74) is 1.54. The van der Waals surface area contributed by atoms with Crippen molar-refractivity contribution in [3.05, 3.63) is 23.1 Å². The van der Waals surface area contributed by atoms with Gasteiger partial charge in [-0.15, -0.1) is 10.2 Å². The SMILES string of the molecule is CC(C)c1cc(Cl)c2nncn2n1. The van der Waals surface area contributed by atoms with Crippen molar-refractivity contribution in [2.75, 3.05) is 0 Å². The first kappa shape index (κ1) is 8.44. The quantitative estimate of drug-likeness (QED) is 0.700. The summed E-state index contributed by atoms with van der Waals surface area (Å²) >= 11 is 5.98. The minimum absolute atomic E-state index is 0.351. The fourth-order valence-electron chi connectivity index (χ4n) is 1.09. The van der Waals surface area contributed by atoms with Gasteiger partial charge in [-0.05, 0) is 12.0 Å². The first-order chi connectivity index (χ1) is 6.18. The predicted molar refractivity (Wildman–Crippen MR) is 49.9 cm³/mol. The molecule has 2 rings (SSSR count). The summed E-state index contributed by atoms with van der Waals surface area (Å²) < 4.78 is 1.59. The van der Waals surface area contributed by atoms with E-state index in [9.17, 15) is 0 Å². The Bertz CT molecular complexity index is 435. The molecule has 0 aromatic carbocycles. The first-order valence-corrected chi connectivity index (χ1v) is 4.42. The van der Waals surface area contributed by atoms with Gasteiger partial charge in [-0.2, -0.15) is 9.61 Å². The molecule has 0 saturated carbocycles. The number of nitrogens with zero attached hydrogens (tertiary/aromatic N) is 4. The van der Waals surface area contributed by atoms with Crippen LogP contribution >= 0.6 is 11.6 Å². The highest BCUT2D eigenvalue weighted by atomic mass is 35.5. The van der Waals surface area contributed by atoms with Gasteiger partial charge in [0, 0.05) is 0 Å². The minimum atomic E-state index is 0.351. The van der Waals surface area contributed by atoms with Crippen LogP contribution in [0.15, 0.2) is 12.4 Å². The zero-order chi connectivity index (χ0) is 9.42. The molecule has 4 nitrogen and oxygen atoms in total. The van der Waals surface area contributed by atoms with Crippen molar-refractivity contribution in [3.8, 4) is 0 Å². The van der Waals surface area contributed by atoms with E-state index in [-0.39, 0.29) is 0 Å². The summed E-state index contributed by atoms with van der Waals surface area (Å²) in [6.07, 6.45) is 1.55. The van der Waals surface area contributed by atoms with Crippen molar-refractivity contribution < 1.29 is 0 Å². The summed E-state index contributed by atoms with van der Waals surface area (Å²) in [6.45, 7) is 4.13. The Morgan fingerprint density at radius 3 is 2.92 bits per heavy atom. The summed E-state index contributed by atoms with van der Waals surface area (Å²) in [5.74, 6) is 0.351. The number of fused-ring (bicyclic) bond motifs is 1. The molecule has 0 bridgehead atoms. The average Bonchev–Trinajstić information content (AvgIpc) is 2.51. The van der Waals surface area contributed by atoms with Gasteiger partial charge in [-0.3, -0.25) is 0 Å². The highest BCUT2D eigenvalue weighted by Crippen LogP contribution is 2.19. The summed E-state index contributed by atoms with van der Waals surface area (Å²) in [4.78, 5) is 0. The number of hydrogen-bond donors (Lipinski definition) is 0. The Morgan fingerprint density at radius 1 is 1.46 bits per heavy atom. The fourth-order valence-corrected chi connectivity index (χ4v) is 1.33. The topological polar surface area (TPSA) is 43.1 Å². The van der Waals surface area contributed by atoms with E-state index in [0.717, 1.165) is 5.69 Å². The van der Waals surface area contributed by atoms with E-state index in [2.05, 4.69) is 29.1 Å². The molecule has 0 radical (unpaired) electrons. The van der Waals surface area contributed by atoms with Crippen molar-refractivity contribution in [2.24, 2.45) is 0 Å². The van der Waals surface area contributed by atoms with Crippen LogP contribution in [0.25, 0.3) is 5.65 Å². The summed E-state index contributed by atoms with van der Waals surface area (Å²) in [6, 6.07) is 1.83. The Kier molecular flexibility index (Phi) is 1.92. The van der Waals surface area contributed by atoms with Crippen LogP contribution in [0.3, 0.4) is 0 Å². The van der Waals surface area contributed by atoms with Crippen LogP contribution < -0.4 is 0 Å². The van der Waals surface area contributed by atoms with E-state index in [1.165, 1.54) is 0 Å². The third-order valence-electron chi connectivity index (χ3n) is 1.83. The third-order valence-corrected chi connectivity index (χ3v) is 2.11. The highest BCUT2D eigenvalue weighted by Gasteiger charge is 2.07. The van der Waals surface area contributed by atoms with Gasteiger partial charge in [0.05, 0.1) is 10.7 Å². The maximum atomic E-state index is 5.98. The molecule has 0 aliphatic heterocycles. The molecule has 0 spiro atoms. The largest absolute Gasteiger partial charge is 0.199 e. The summed E-state index contributed by atoms with van der Waals surface area (Å²) in [7, 11) is 0. The van der Waals surface area contributed by atoms with Crippen LogP contribution in [0.4, 0.5) is 0 Å². The van der Waals surface area contributed by atoms with Crippen molar-refractivity contribution in [1.29, 1.82) is 0 Å². The van der Waals surface area contributed by atoms with Gasteiger partial charge in [-0.1, -0.05) is 25.4 Å². The molecule has 0 atom stereocenters. The van der Waals surface area contributed by atoms with Crippen molar-refractivity contribution in [1.82, 2.24) is 19.8 Å². The highest BCUT2D eigenvalue weighted by molar-refractivity contribution is 6.33. The zero-order valence-electron chi connectivity index (χ0n) is 7.40. The number of aromatic nitrogens is 4. The molecule has 0 fully saturated rings. The maximum Gasteiger partial charge on any atom is 0.196 e. The van der Waals surface area contributed by atoms with Gasteiger partial charge in [-0.25, -0.2) is 0 Å². The molecule has 5 heteroatoms. The minimum Gasteiger partial charge on any atom is -0.199 e. The van der Waals surface area contributed by atoms with Gasteiger partial charge < -0.3 is 0 Å². The standard InChI is InChI=1S/C8H9ClN4/c1-5(2)7-3-6(9)8-11-10-4-13(8)12-7/h3-5H,1-2H3. The molecule has 13 heavy (non-hydrogen) atoms. The van der Waals surface area contributed by atoms with Crippen molar-refractivity contribution in [3.63, 3.8) is 0 Å².